The monoisotopic (exact) mass is 808 g/mol. The molecule has 63 heavy (non-hydrogen) atoms. The molecule has 13 aromatic rings. The third-order valence-corrected chi connectivity index (χ3v) is 11.9. The standard InChI is InChI=1S/C55H32N6O2/c1-4-15-33(16-5-1)52-58-53(34-17-6-2-7-18-34)60-55(59-52)42-23-14-26-46-48(42)40-30-27-35(32-47(40)62-46)49-51-50(41-22-11-13-25-45(41)63-51)57-54(56-49)36-28-29-39-38-21-10-12-24-43(38)61(44(39)31-36)37-19-8-3-9-20-37/h1-32H. The number of rotatable bonds is 6. The van der Waals surface area contributed by atoms with E-state index in [0.717, 1.165) is 82.8 Å². The van der Waals surface area contributed by atoms with Crippen LogP contribution in [0.4, 0.5) is 0 Å². The molecule has 5 heterocycles. The summed E-state index contributed by atoms with van der Waals surface area (Å²) in [6.07, 6.45) is 0. The van der Waals surface area contributed by atoms with Crippen LogP contribution >= 0.6 is 0 Å². The van der Waals surface area contributed by atoms with Gasteiger partial charge in [-0.3, -0.25) is 0 Å². The van der Waals surface area contributed by atoms with Gasteiger partial charge >= 0.3 is 0 Å². The maximum absolute atomic E-state index is 6.68. The van der Waals surface area contributed by atoms with E-state index < -0.39 is 0 Å². The van der Waals surface area contributed by atoms with Crippen LogP contribution in [0.15, 0.2) is 203 Å². The quantitative estimate of drug-likeness (QED) is 0.165. The van der Waals surface area contributed by atoms with Crippen LogP contribution in [0.25, 0.3) is 128 Å². The summed E-state index contributed by atoms with van der Waals surface area (Å²) in [5.41, 5.74) is 11.9. The van der Waals surface area contributed by atoms with Crippen molar-refractivity contribution in [2.24, 2.45) is 0 Å². The highest BCUT2D eigenvalue weighted by Gasteiger charge is 2.22. The second-order valence-corrected chi connectivity index (χ2v) is 15.6. The Bertz CT molecular complexity index is 3850. The van der Waals surface area contributed by atoms with Gasteiger partial charge in [-0.25, -0.2) is 24.9 Å². The number of benzene rings is 8. The molecule has 0 spiro atoms. The van der Waals surface area contributed by atoms with Gasteiger partial charge in [0, 0.05) is 60.4 Å². The minimum atomic E-state index is 0.563. The van der Waals surface area contributed by atoms with E-state index in [1.165, 1.54) is 5.39 Å². The Labute approximate surface area is 359 Å². The Morgan fingerprint density at radius 1 is 0.349 bits per heavy atom. The van der Waals surface area contributed by atoms with E-state index in [1.54, 1.807) is 0 Å². The van der Waals surface area contributed by atoms with Gasteiger partial charge in [0.2, 0.25) is 0 Å². The summed E-state index contributed by atoms with van der Waals surface area (Å²) in [5, 5.41) is 5.12. The highest BCUT2D eigenvalue weighted by Crippen LogP contribution is 2.41. The lowest BCUT2D eigenvalue weighted by molar-refractivity contribution is 0.666. The Morgan fingerprint density at radius 2 is 0.952 bits per heavy atom. The van der Waals surface area contributed by atoms with E-state index in [4.69, 9.17) is 33.8 Å². The van der Waals surface area contributed by atoms with Crippen molar-refractivity contribution in [2.45, 2.75) is 0 Å². The first kappa shape index (κ1) is 35.0. The lowest BCUT2D eigenvalue weighted by atomic mass is 10.0. The fourth-order valence-electron chi connectivity index (χ4n) is 8.97. The maximum Gasteiger partial charge on any atom is 0.180 e. The fraction of sp³-hybridized carbons (Fsp3) is 0. The summed E-state index contributed by atoms with van der Waals surface area (Å²) in [5.74, 6) is 2.36. The number of hydrogen-bond donors (Lipinski definition) is 0. The van der Waals surface area contributed by atoms with Crippen LogP contribution in [0.2, 0.25) is 0 Å². The fourth-order valence-corrected chi connectivity index (χ4v) is 8.97. The van der Waals surface area contributed by atoms with Gasteiger partial charge < -0.3 is 13.4 Å². The Hall–Kier alpha value is -8.75. The highest BCUT2D eigenvalue weighted by molar-refractivity contribution is 6.14. The molecular formula is C55H32N6O2. The average molecular weight is 809 g/mol. The van der Waals surface area contributed by atoms with Crippen LogP contribution in [0.1, 0.15) is 0 Å². The minimum Gasteiger partial charge on any atom is -0.456 e. The van der Waals surface area contributed by atoms with Gasteiger partial charge in [-0.2, -0.15) is 0 Å². The van der Waals surface area contributed by atoms with Crippen molar-refractivity contribution in [1.82, 2.24) is 29.5 Å². The predicted molar refractivity (Wildman–Crippen MR) is 251 cm³/mol. The number of furan rings is 2. The number of fused-ring (bicyclic) bond motifs is 9. The zero-order chi connectivity index (χ0) is 41.4. The molecule has 0 saturated heterocycles. The van der Waals surface area contributed by atoms with Crippen molar-refractivity contribution in [3.63, 3.8) is 0 Å². The second kappa shape index (κ2) is 13.9. The Morgan fingerprint density at radius 3 is 1.73 bits per heavy atom. The molecule has 0 aliphatic heterocycles. The lowest BCUT2D eigenvalue weighted by Crippen LogP contribution is -2.00. The van der Waals surface area contributed by atoms with Crippen molar-refractivity contribution in [3.05, 3.63) is 194 Å². The molecule has 0 amide bonds. The molecule has 5 aromatic heterocycles. The molecule has 0 radical (unpaired) electrons. The van der Waals surface area contributed by atoms with Gasteiger partial charge in [0.05, 0.1) is 11.0 Å². The zero-order valence-electron chi connectivity index (χ0n) is 33.5. The first-order valence-electron chi connectivity index (χ1n) is 20.8. The summed E-state index contributed by atoms with van der Waals surface area (Å²) in [4.78, 5) is 25.6. The van der Waals surface area contributed by atoms with E-state index in [9.17, 15) is 0 Å². The summed E-state index contributed by atoms with van der Waals surface area (Å²) >= 11 is 0. The van der Waals surface area contributed by atoms with Gasteiger partial charge in [0.15, 0.2) is 28.9 Å². The third-order valence-electron chi connectivity index (χ3n) is 11.9. The molecule has 0 bridgehead atoms. The van der Waals surface area contributed by atoms with E-state index in [-0.39, 0.29) is 0 Å². The molecule has 0 aliphatic carbocycles. The van der Waals surface area contributed by atoms with Gasteiger partial charge in [-0.1, -0.05) is 140 Å². The molecule has 13 rings (SSSR count). The summed E-state index contributed by atoms with van der Waals surface area (Å²) < 4.78 is 15.6. The molecule has 0 fully saturated rings. The SMILES string of the molecule is c1ccc(-c2nc(-c3ccccc3)nc(-c3cccc4oc5cc(-c6nc(-c7ccc8c9ccccc9n(-c9ccccc9)c8c7)nc7c6oc6ccccc67)ccc5c34)n2)cc1. The van der Waals surface area contributed by atoms with Gasteiger partial charge in [-0.05, 0) is 54.6 Å². The topological polar surface area (TPSA) is 95.7 Å². The summed E-state index contributed by atoms with van der Waals surface area (Å²) in [6, 6.07) is 65.8. The molecule has 0 N–H and O–H groups in total. The molecular weight excluding hydrogens is 777 g/mol. The second-order valence-electron chi connectivity index (χ2n) is 15.6. The molecule has 8 nitrogen and oxygen atoms in total. The van der Waals surface area contributed by atoms with E-state index in [1.807, 2.05) is 109 Å². The minimum absolute atomic E-state index is 0.563. The van der Waals surface area contributed by atoms with Crippen molar-refractivity contribution in [1.29, 1.82) is 0 Å². The molecule has 0 atom stereocenters. The molecule has 0 unspecified atom stereocenters. The molecule has 294 valence electrons. The molecule has 8 heteroatoms. The smallest absolute Gasteiger partial charge is 0.180 e. The molecule has 8 aromatic carbocycles. The van der Waals surface area contributed by atoms with Crippen molar-refractivity contribution < 1.29 is 8.83 Å². The van der Waals surface area contributed by atoms with Crippen LogP contribution in [0.5, 0.6) is 0 Å². The first-order valence-corrected chi connectivity index (χ1v) is 20.8. The van der Waals surface area contributed by atoms with E-state index in [2.05, 4.69) is 89.5 Å². The predicted octanol–water partition coefficient (Wildman–Crippen LogP) is 13.9. The summed E-state index contributed by atoms with van der Waals surface area (Å²) in [6.45, 7) is 0. The first-order chi connectivity index (χ1) is 31.2. The molecule has 0 saturated carbocycles. The third kappa shape index (κ3) is 5.66. The van der Waals surface area contributed by atoms with Crippen LogP contribution in [0.3, 0.4) is 0 Å². The normalized spacial score (nSPS) is 11.8. The van der Waals surface area contributed by atoms with Gasteiger partial charge in [-0.15, -0.1) is 0 Å². The van der Waals surface area contributed by atoms with Crippen LogP contribution in [0, 0.1) is 0 Å². The number of para-hydroxylation sites is 3. The van der Waals surface area contributed by atoms with Crippen molar-refractivity contribution in [2.75, 3.05) is 0 Å². The average Bonchev–Trinajstić information content (AvgIpc) is 4.03. The highest BCUT2D eigenvalue weighted by atomic mass is 16.3. The van der Waals surface area contributed by atoms with E-state index in [0.29, 0.717) is 40.2 Å². The van der Waals surface area contributed by atoms with E-state index >= 15 is 0 Å². The maximum atomic E-state index is 6.68. The Balaban J connectivity index is 0.996. The number of aromatic nitrogens is 6. The number of nitrogens with zero attached hydrogens (tertiary/aromatic N) is 6. The van der Waals surface area contributed by atoms with Crippen molar-refractivity contribution >= 4 is 65.8 Å². The van der Waals surface area contributed by atoms with Crippen LogP contribution in [-0.2, 0) is 0 Å². The number of hydrogen-bond acceptors (Lipinski definition) is 7. The van der Waals surface area contributed by atoms with Gasteiger partial charge in [0.1, 0.15) is 28.0 Å². The van der Waals surface area contributed by atoms with Crippen molar-refractivity contribution in [3.8, 4) is 62.5 Å². The Kier molecular flexibility index (Phi) is 7.74. The summed E-state index contributed by atoms with van der Waals surface area (Å²) in [7, 11) is 0. The zero-order valence-corrected chi connectivity index (χ0v) is 33.5. The lowest BCUT2D eigenvalue weighted by Gasteiger charge is -2.10. The molecule has 0 aliphatic rings. The van der Waals surface area contributed by atoms with Crippen LogP contribution < -0.4 is 0 Å². The van der Waals surface area contributed by atoms with Crippen LogP contribution in [-0.4, -0.2) is 29.5 Å². The largest absolute Gasteiger partial charge is 0.456 e. The van der Waals surface area contributed by atoms with Gasteiger partial charge in [0.25, 0.3) is 0 Å².